The molecule has 0 amide bonds. The van der Waals surface area contributed by atoms with Crippen molar-refractivity contribution in [2.45, 2.75) is 43.0 Å². The molecule has 1 heterocycles. The van der Waals surface area contributed by atoms with Crippen LogP contribution in [0.3, 0.4) is 0 Å². The zero-order chi connectivity index (χ0) is 23.1. The Hall–Kier alpha value is -2.97. The summed E-state index contributed by atoms with van der Waals surface area (Å²) in [5, 5.41) is 0. The minimum Gasteiger partial charge on any atom is -0.454 e. The maximum atomic E-state index is 12.5. The normalized spacial score (nSPS) is 18.5. The van der Waals surface area contributed by atoms with Gasteiger partial charge in [-0.2, -0.15) is 0 Å². The smallest absolute Gasteiger partial charge is 0.338 e. The van der Waals surface area contributed by atoms with Gasteiger partial charge in [0.1, 0.15) is 0 Å². The highest BCUT2D eigenvalue weighted by Crippen LogP contribution is 2.46. The summed E-state index contributed by atoms with van der Waals surface area (Å²) in [5.74, 6) is -1.01. The molecular weight excluding hydrogens is 428 g/mol. The maximum absolute atomic E-state index is 12.5. The van der Waals surface area contributed by atoms with Crippen LogP contribution in [0.4, 0.5) is 5.69 Å². The summed E-state index contributed by atoms with van der Waals surface area (Å²) in [4.78, 5) is 26.9. The maximum Gasteiger partial charge on any atom is 0.338 e. The highest BCUT2D eigenvalue weighted by atomic mass is 32.2. The standard InChI is InChI=1S/C24H26N2O5S/c1-24(2)20-6-4-5-7-21(20)26(3)22(24)14-18(27)15-31-23(28)16-8-12-19(13-9-16)32(29,30)25-17-10-11-17/h4-9,12-14,17,25H,10-11,15H2,1-3H3/b22-14-. The summed E-state index contributed by atoms with van der Waals surface area (Å²) in [6, 6.07) is 13.5. The third-order valence-electron chi connectivity index (χ3n) is 5.88. The molecule has 2 aliphatic rings. The van der Waals surface area contributed by atoms with Crippen molar-refractivity contribution in [3.63, 3.8) is 0 Å². The fraction of sp³-hybridized carbons (Fsp3) is 0.333. The number of fused-ring (bicyclic) bond motifs is 1. The molecule has 1 aliphatic carbocycles. The molecule has 0 aromatic heterocycles. The van der Waals surface area contributed by atoms with Crippen molar-refractivity contribution in [3.05, 3.63) is 71.4 Å². The number of carbonyl (C=O) groups is 2. The summed E-state index contributed by atoms with van der Waals surface area (Å²) in [6.45, 7) is 3.70. The monoisotopic (exact) mass is 454 g/mol. The fourth-order valence-electron chi connectivity index (χ4n) is 3.93. The van der Waals surface area contributed by atoms with Crippen LogP contribution < -0.4 is 9.62 Å². The summed E-state index contributed by atoms with van der Waals surface area (Å²) in [5.41, 5.74) is 2.84. The molecule has 7 nitrogen and oxygen atoms in total. The predicted octanol–water partition coefficient (Wildman–Crippen LogP) is 3.16. The minimum atomic E-state index is -3.59. The molecule has 32 heavy (non-hydrogen) atoms. The SMILES string of the molecule is CN1/C(=C\C(=O)COC(=O)c2ccc(S(=O)(=O)NC3CC3)cc2)C(C)(C)c2ccccc21. The highest BCUT2D eigenvalue weighted by molar-refractivity contribution is 7.89. The average molecular weight is 455 g/mol. The fourth-order valence-corrected chi connectivity index (χ4v) is 5.24. The number of benzene rings is 2. The second-order valence-electron chi connectivity index (χ2n) is 8.69. The van der Waals surface area contributed by atoms with E-state index in [1.165, 1.54) is 30.3 Å². The molecule has 2 aromatic rings. The third kappa shape index (κ3) is 4.33. The highest BCUT2D eigenvalue weighted by Gasteiger charge is 2.38. The van der Waals surface area contributed by atoms with Crippen molar-refractivity contribution in [1.82, 2.24) is 4.72 Å². The van der Waals surface area contributed by atoms with Gasteiger partial charge in [-0.1, -0.05) is 32.0 Å². The Bertz CT molecular complexity index is 1200. The molecule has 0 radical (unpaired) electrons. The van der Waals surface area contributed by atoms with Gasteiger partial charge < -0.3 is 9.64 Å². The van der Waals surface area contributed by atoms with E-state index >= 15 is 0 Å². The van der Waals surface area contributed by atoms with Gasteiger partial charge in [0.05, 0.1) is 10.5 Å². The molecule has 1 N–H and O–H groups in total. The van der Waals surface area contributed by atoms with E-state index < -0.39 is 22.6 Å². The van der Waals surface area contributed by atoms with Crippen LogP contribution in [0.15, 0.2) is 65.2 Å². The molecule has 0 saturated heterocycles. The van der Waals surface area contributed by atoms with Crippen molar-refractivity contribution < 1.29 is 22.7 Å². The number of nitrogens with zero attached hydrogens (tertiary/aromatic N) is 1. The predicted molar refractivity (Wildman–Crippen MR) is 121 cm³/mol. The second kappa shape index (κ2) is 8.18. The van der Waals surface area contributed by atoms with Crippen molar-refractivity contribution in [3.8, 4) is 0 Å². The van der Waals surface area contributed by atoms with Crippen LogP contribution in [0.25, 0.3) is 0 Å². The van der Waals surface area contributed by atoms with E-state index in [0.29, 0.717) is 0 Å². The van der Waals surface area contributed by atoms with Crippen LogP contribution in [0.1, 0.15) is 42.6 Å². The van der Waals surface area contributed by atoms with Crippen LogP contribution in [0, 0.1) is 0 Å². The first-order valence-electron chi connectivity index (χ1n) is 10.5. The van der Waals surface area contributed by atoms with Crippen molar-refractivity contribution in [2.24, 2.45) is 0 Å². The number of para-hydroxylation sites is 1. The lowest BCUT2D eigenvalue weighted by Gasteiger charge is -2.23. The van der Waals surface area contributed by atoms with Gasteiger partial charge in [0.15, 0.2) is 12.4 Å². The lowest BCUT2D eigenvalue weighted by molar-refractivity contribution is -0.117. The van der Waals surface area contributed by atoms with E-state index in [1.54, 1.807) is 0 Å². The summed E-state index contributed by atoms with van der Waals surface area (Å²) in [7, 11) is -1.68. The third-order valence-corrected chi connectivity index (χ3v) is 7.42. The molecule has 0 bridgehead atoms. The van der Waals surface area contributed by atoms with E-state index in [9.17, 15) is 18.0 Å². The van der Waals surface area contributed by atoms with E-state index in [2.05, 4.69) is 4.72 Å². The van der Waals surface area contributed by atoms with Crippen LogP contribution >= 0.6 is 0 Å². The molecule has 0 unspecified atom stereocenters. The first kappa shape index (κ1) is 22.2. The number of likely N-dealkylation sites (N-methyl/N-ethyl adjacent to an activating group) is 1. The van der Waals surface area contributed by atoms with Gasteiger partial charge in [-0.15, -0.1) is 0 Å². The van der Waals surface area contributed by atoms with Crippen LogP contribution in [0.2, 0.25) is 0 Å². The molecule has 8 heteroatoms. The molecular formula is C24H26N2O5S. The zero-order valence-corrected chi connectivity index (χ0v) is 19.1. The number of ether oxygens (including phenoxy) is 1. The van der Waals surface area contributed by atoms with E-state index in [4.69, 9.17) is 4.74 Å². The Morgan fingerprint density at radius 1 is 1.12 bits per heavy atom. The lowest BCUT2D eigenvalue weighted by atomic mass is 9.83. The Morgan fingerprint density at radius 3 is 2.41 bits per heavy atom. The summed E-state index contributed by atoms with van der Waals surface area (Å²) < 4.78 is 32.2. The number of nitrogens with one attached hydrogen (secondary N) is 1. The molecule has 4 rings (SSSR count). The van der Waals surface area contributed by atoms with Crippen molar-refractivity contribution >= 4 is 27.5 Å². The van der Waals surface area contributed by atoms with Crippen LogP contribution in [-0.4, -0.2) is 39.9 Å². The van der Waals surface area contributed by atoms with Gasteiger partial charge in [-0.25, -0.2) is 17.9 Å². The second-order valence-corrected chi connectivity index (χ2v) is 10.4. The first-order valence-corrected chi connectivity index (χ1v) is 12.0. The molecule has 1 fully saturated rings. The number of anilines is 1. The Kier molecular flexibility index (Phi) is 5.68. The van der Waals surface area contributed by atoms with Gasteiger partial charge in [0.2, 0.25) is 10.0 Å². The minimum absolute atomic E-state index is 0.00135. The Labute approximate surface area is 188 Å². The van der Waals surface area contributed by atoms with Gasteiger partial charge in [0.25, 0.3) is 0 Å². The van der Waals surface area contributed by atoms with E-state index in [0.717, 1.165) is 29.8 Å². The van der Waals surface area contributed by atoms with Gasteiger partial charge in [0, 0.05) is 36.0 Å². The van der Waals surface area contributed by atoms with E-state index in [1.807, 2.05) is 50.1 Å². The first-order chi connectivity index (χ1) is 15.1. The van der Waals surface area contributed by atoms with Crippen molar-refractivity contribution in [1.29, 1.82) is 0 Å². The topological polar surface area (TPSA) is 92.8 Å². The number of carbonyl (C=O) groups excluding carboxylic acids is 2. The number of esters is 1. The number of ketones is 1. The molecule has 0 atom stereocenters. The van der Waals surface area contributed by atoms with Crippen LogP contribution in [0.5, 0.6) is 0 Å². The van der Waals surface area contributed by atoms with Crippen molar-refractivity contribution in [2.75, 3.05) is 18.6 Å². The number of hydrogen-bond acceptors (Lipinski definition) is 6. The molecule has 0 spiro atoms. The molecule has 168 valence electrons. The largest absolute Gasteiger partial charge is 0.454 e. The summed E-state index contributed by atoms with van der Waals surface area (Å²) in [6.07, 6.45) is 3.20. The Balaban J connectivity index is 1.39. The number of hydrogen-bond donors (Lipinski definition) is 1. The Morgan fingerprint density at radius 2 is 1.78 bits per heavy atom. The molecule has 2 aromatic carbocycles. The summed E-state index contributed by atoms with van der Waals surface area (Å²) >= 11 is 0. The van der Waals surface area contributed by atoms with Gasteiger partial charge in [-0.05, 0) is 48.7 Å². The molecule has 1 aliphatic heterocycles. The number of allylic oxidation sites excluding steroid dienone is 1. The number of rotatable bonds is 7. The van der Waals surface area contributed by atoms with Gasteiger partial charge in [-0.3, -0.25) is 4.79 Å². The van der Waals surface area contributed by atoms with Gasteiger partial charge >= 0.3 is 5.97 Å². The zero-order valence-electron chi connectivity index (χ0n) is 18.3. The van der Waals surface area contributed by atoms with E-state index in [-0.39, 0.29) is 27.7 Å². The average Bonchev–Trinajstić information content (AvgIpc) is 3.55. The lowest BCUT2D eigenvalue weighted by Crippen LogP contribution is -2.25. The quantitative estimate of drug-likeness (QED) is 0.510. The van der Waals surface area contributed by atoms with Crippen LogP contribution in [-0.2, 0) is 25.0 Å². The number of sulfonamides is 1. The molecule has 1 saturated carbocycles.